The maximum absolute atomic E-state index is 13.1. The minimum atomic E-state index is -0.649. The van der Waals surface area contributed by atoms with E-state index in [1.807, 2.05) is 38.1 Å². The fourth-order valence-electron chi connectivity index (χ4n) is 3.01. The SMILES string of the molecule is CCC(C)NC(=O)C(C)NC(=O)C1(c2ccc(Br)cc2)CCOCC1. The minimum absolute atomic E-state index is 0.0929. The van der Waals surface area contributed by atoms with Gasteiger partial charge >= 0.3 is 0 Å². The van der Waals surface area contributed by atoms with Gasteiger partial charge in [0.1, 0.15) is 6.04 Å². The van der Waals surface area contributed by atoms with Crippen LogP contribution in [-0.4, -0.2) is 37.1 Å². The summed E-state index contributed by atoms with van der Waals surface area (Å²) in [4.78, 5) is 25.4. The van der Waals surface area contributed by atoms with E-state index in [1.165, 1.54) is 0 Å². The van der Waals surface area contributed by atoms with Crippen LogP contribution in [-0.2, 0) is 19.7 Å². The van der Waals surface area contributed by atoms with Crippen molar-refractivity contribution in [2.75, 3.05) is 13.2 Å². The lowest BCUT2D eigenvalue weighted by Crippen LogP contribution is -2.54. The highest BCUT2D eigenvalue weighted by molar-refractivity contribution is 9.10. The van der Waals surface area contributed by atoms with Gasteiger partial charge in [-0.15, -0.1) is 0 Å². The molecule has 0 aromatic heterocycles. The first-order valence-corrected chi connectivity index (χ1v) is 9.63. The van der Waals surface area contributed by atoms with Gasteiger partial charge in [-0.2, -0.15) is 0 Å². The number of rotatable bonds is 6. The second-order valence-corrected chi connectivity index (χ2v) is 7.63. The van der Waals surface area contributed by atoms with Gasteiger partial charge in [-0.25, -0.2) is 0 Å². The second-order valence-electron chi connectivity index (χ2n) is 6.71. The summed E-state index contributed by atoms with van der Waals surface area (Å²) < 4.78 is 6.44. The molecule has 25 heavy (non-hydrogen) atoms. The smallest absolute Gasteiger partial charge is 0.242 e. The zero-order valence-electron chi connectivity index (χ0n) is 15.1. The Kier molecular flexibility index (Phi) is 7.02. The van der Waals surface area contributed by atoms with E-state index in [0.717, 1.165) is 16.5 Å². The van der Waals surface area contributed by atoms with Gasteiger partial charge in [0.2, 0.25) is 11.8 Å². The Morgan fingerprint density at radius 1 is 1.16 bits per heavy atom. The van der Waals surface area contributed by atoms with E-state index in [-0.39, 0.29) is 17.9 Å². The number of benzene rings is 1. The van der Waals surface area contributed by atoms with Crippen LogP contribution in [0.5, 0.6) is 0 Å². The van der Waals surface area contributed by atoms with Gasteiger partial charge in [-0.05, 0) is 50.8 Å². The molecule has 2 N–H and O–H groups in total. The maximum Gasteiger partial charge on any atom is 0.242 e. The van der Waals surface area contributed by atoms with Crippen molar-refractivity contribution >= 4 is 27.7 Å². The third kappa shape index (κ3) is 4.82. The average Bonchev–Trinajstić information content (AvgIpc) is 2.62. The molecule has 0 bridgehead atoms. The first kappa shape index (κ1) is 19.9. The molecule has 1 aromatic rings. The molecule has 0 saturated carbocycles. The van der Waals surface area contributed by atoms with Crippen LogP contribution in [0.2, 0.25) is 0 Å². The zero-order chi connectivity index (χ0) is 18.4. The van der Waals surface area contributed by atoms with E-state index >= 15 is 0 Å². The molecule has 0 aliphatic carbocycles. The van der Waals surface area contributed by atoms with E-state index in [2.05, 4.69) is 26.6 Å². The third-order valence-corrected chi connectivity index (χ3v) is 5.45. The Hall–Kier alpha value is -1.40. The molecule has 5 nitrogen and oxygen atoms in total. The lowest BCUT2D eigenvalue weighted by molar-refractivity contribution is -0.134. The molecule has 0 spiro atoms. The molecule has 2 unspecified atom stereocenters. The Balaban J connectivity index is 2.16. The molecule has 138 valence electrons. The van der Waals surface area contributed by atoms with Crippen molar-refractivity contribution in [1.82, 2.24) is 10.6 Å². The van der Waals surface area contributed by atoms with Crippen LogP contribution in [0.15, 0.2) is 28.7 Å². The van der Waals surface area contributed by atoms with Gasteiger partial charge in [0.15, 0.2) is 0 Å². The van der Waals surface area contributed by atoms with Crippen molar-refractivity contribution in [2.24, 2.45) is 0 Å². The van der Waals surface area contributed by atoms with Crippen molar-refractivity contribution in [3.63, 3.8) is 0 Å². The number of halogens is 1. The topological polar surface area (TPSA) is 67.4 Å². The van der Waals surface area contributed by atoms with Crippen LogP contribution in [0.1, 0.15) is 45.6 Å². The molecular weight excluding hydrogens is 384 g/mol. The van der Waals surface area contributed by atoms with Crippen molar-refractivity contribution < 1.29 is 14.3 Å². The first-order valence-electron chi connectivity index (χ1n) is 8.84. The molecule has 2 atom stereocenters. The van der Waals surface area contributed by atoms with Gasteiger partial charge in [0, 0.05) is 23.7 Å². The summed E-state index contributed by atoms with van der Waals surface area (Å²) >= 11 is 3.43. The van der Waals surface area contributed by atoms with E-state index in [1.54, 1.807) is 6.92 Å². The largest absolute Gasteiger partial charge is 0.381 e. The number of hydrogen-bond donors (Lipinski definition) is 2. The van der Waals surface area contributed by atoms with Crippen LogP contribution in [0.25, 0.3) is 0 Å². The third-order valence-electron chi connectivity index (χ3n) is 4.92. The lowest BCUT2D eigenvalue weighted by atomic mass is 9.73. The summed E-state index contributed by atoms with van der Waals surface area (Å²) in [5, 5.41) is 5.83. The van der Waals surface area contributed by atoms with E-state index in [0.29, 0.717) is 26.1 Å². The standard InChI is InChI=1S/C19H27BrN2O3/c1-4-13(2)21-17(23)14(3)22-18(24)19(9-11-25-12-10-19)15-5-7-16(20)8-6-15/h5-8,13-14H,4,9-12H2,1-3H3,(H,21,23)(H,22,24). The molecule has 1 aliphatic heterocycles. The molecule has 1 saturated heterocycles. The molecule has 6 heteroatoms. The molecule has 1 aliphatic rings. The van der Waals surface area contributed by atoms with Gasteiger partial charge in [0.05, 0.1) is 5.41 Å². The normalized spacial score (nSPS) is 18.9. The van der Waals surface area contributed by atoms with Crippen LogP contribution < -0.4 is 10.6 Å². The Morgan fingerprint density at radius 2 is 1.76 bits per heavy atom. The quantitative estimate of drug-likeness (QED) is 0.757. The summed E-state index contributed by atoms with van der Waals surface area (Å²) in [5.41, 5.74) is 0.315. The van der Waals surface area contributed by atoms with Gasteiger partial charge in [0.25, 0.3) is 0 Å². The van der Waals surface area contributed by atoms with Crippen LogP contribution in [0, 0.1) is 0 Å². The van der Waals surface area contributed by atoms with E-state index in [4.69, 9.17) is 4.74 Å². The molecule has 1 heterocycles. The Morgan fingerprint density at radius 3 is 2.32 bits per heavy atom. The van der Waals surface area contributed by atoms with Gasteiger partial charge < -0.3 is 15.4 Å². The predicted octanol–water partition coefficient (Wildman–Crippen LogP) is 2.92. The lowest BCUT2D eigenvalue weighted by Gasteiger charge is -2.37. The van der Waals surface area contributed by atoms with E-state index in [9.17, 15) is 9.59 Å². The minimum Gasteiger partial charge on any atom is -0.381 e. The van der Waals surface area contributed by atoms with Crippen molar-refractivity contribution in [3.05, 3.63) is 34.3 Å². The van der Waals surface area contributed by atoms with Crippen LogP contribution >= 0.6 is 15.9 Å². The van der Waals surface area contributed by atoms with Crippen molar-refractivity contribution in [2.45, 2.75) is 57.5 Å². The molecular formula is C19H27BrN2O3. The fraction of sp³-hybridized carbons (Fsp3) is 0.579. The van der Waals surface area contributed by atoms with Gasteiger partial charge in [-0.1, -0.05) is 35.0 Å². The van der Waals surface area contributed by atoms with Crippen molar-refractivity contribution in [3.8, 4) is 0 Å². The second kappa shape index (κ2) is 8.81. The number of carbonyl (C=O) groups excluding carboxylic acids is 2. The maximum atomic E-state index is 13.1. The summed E-state index contributed by atoms with van der Waals surface area (Å²) in [6.45, 7) is 6.77. The van der Waals surface area contributed by atoms with Crippen molar-refractivity contribution in [1.29, 1.82) is 0 Å². The Labute approximate surface area is 158 Å². The number of ether oxygens (including phenoxy) is 1. The number of carbonyl (C=O) groups is 2. The molecule has 2 amide bonds. The fourth-order valence-corrected chi connectivity index (χ4v) is 3.27. The summed E-state index contributed by atoms with van der Waals surface area (Å²) in [6.07, 6.45) is 2.08. The van der Waals surface area contributed by atoms with E-state index < -0.39 is 11.5 Å². The summed E-state index contributed by atoms with van der Waals surface area (Å²) in [6, 6.07) is 7.35. The highest BCUT2D eigenvalue weighted by atomic mass is 79.9. The number of hydrogen-bond acceptors (Lipinski definition) is 3. The highest BCUT2D eigenvalue weighted by Gasteiger charge is 2.42. The van der Waals surface area contributed by atoms with Crippen LogP contribution in [0.4, 0.5) is 0 Å². The number of nitrogens with one attached hydrogen (secondary N) is 2. The predicted molar refractivity (Wildman–Crippen MR) is 101 cm³/mol. The highest BCUT2D eigenvalue weighted by Crippen LogP contribution is 2.35. The molecule has 2 rings (SSSR count). The van der Waals surface area contributed by atoms with Crippen LogP contribution in [0.3, 0.4) is 0 Å². The molecule has 1 fully saturated rings. The Bertz CT molecular complexity index is 597. The summed E-state index contributed by atoms with van der Waals surface area (Å²) in [5.74, 6) is -0.259. The zero-order valence-corrected chi connectivity index (χ0v) is 16.7. The average molecular weight is 411 g/mol. The summed E-state index contributed by atoms with van der Waals surface area (Å²) in [7, 11) is 0. The monoisotopic (exact) mass is 410 g/mol. The molecule has 0 radical (unpaired) electrons. The first-order chi connectivity index (χ1) is 11.9. The molecule has 1 aromatic carbocycles. The number of amides is 2. The van der Waals surface area contributed by atoms with Gasteiger partial charge in [-0.3, -0.25) is 9.59 Å².